The number of amides is 2. The van der Waals surface area contributed by atoms with Crippen molar-refractivity contribution < 1.29 is 37.7 Å². The number of para-hydroxylation sites is 1. The van der Waals surface area contributed by atoms with Gasteiger partial charge >= 0.3 is 6.18 Å². The number of benzene rings is 1. The van der Waals surface area contributed by atoms with E-state index in [1.807, 2.05) is 22.6 Å². The van der Waals surface area contributed by atoms with Crippen LogP contribution in [0.4, 0.5) is 13.2 Å². The molecule has 1 aliphatic carbocycles. The van der Waals surface area contributed by atoms with Gasteiger partial charge in [-0.3, -0.25) is 9.59 Å². The van der Waals surface area contributed by atoms with Crippen molar-refractivity contribution in [2.45, 2.75) is 44.7 Å². The number of carbonyl (C=O) groups is 2. The molecular formula is C21H26F3IN2O5. The maximum absolute atomic E-state index is 13.3. The number of ether oxygens (including phenoxy) is 1. The Bertz CT molecular complexity index is 847. The van der Waals surface area contributed by atoms with E-state index in [-0.39, 0.29) is 25.1 Å². The Balaban J connectivity index is 2.45. The van der Waals surface area contributed by atoms with Crippen molar-refractivity contribution in [3.05, 3.63) is 39.5 Å². The van der Waals surface area contributed by atoms with Gasteiger partial charge in [0.1, 0.15) is 24.5 Å². The van der Waals surface area contributed by atoms with Gasteiger partial charge in [0.2, 0.25) is 11.8 Å². The Labute approximate surface area is 197 Å². The molecular weight excluding hydrogens is 544 g/mol. The van der Waals surface area contributed by atoms with Gasteiger partial charge in [0.25, 0.3) is 0 Å². The van der Waals surface area contributed by atoms with Crippen molar-refractivity contribution in [3.63, 3.8) is 0 Å². The van der Waals surface area contributed by atoms with Crippen LogP contribution in [0.15, 0.2) is 35.9 Å². The smallest absolute Gasteiger partial charge is 0.406 e. The van der Waals surface area contributed by atoms with Gasteiger partial charge in [-0.25, -0.2) is 0 Å². The van der Waals surface area contributed by atoms with Gasteiger partial charge in [0, 0.05) is 24.5 Å². The summed E-state index contributed by atoms with van der Waals surface area (Å²) in [5, 5.41) is 22.4. The molecule has 3 atom stereocenters. The third-order valence-corrected chi connectivity index (χ3v) is 5.73. The van der Waals surface area contributed by atoms with E-state index in [2.05, 4.69) is 5.32 Å². The van der Waals surface area contributed by atoms with Crippen LogP contribution in [-0.2, 0) is 9.59 Å². The lowest BCUT2D eigenvalue weighted by atomic mass is 9.87. The fourth-order valence-corrected chi connectivity index (χ4v) is 3.86. The predicted molar refractivity (Wildman–Crippen MR) is 119 cm³/mol. The molecule has 3 N–H and O–H groups in total. The zero-order chi connectivity index (χ0) is 24.1. The molecule has 0 heterocycles. The number of alkyl halides is 3. The third-order valence-electron chi connectivity index (χ3n) is 4.84. The first-order chi connectivity index (χ1) is 14.9. The summed E-state index contributed by atoms with van der Waals surface area (Å²) in [5.74, 6) is -1.79. The van der Waals surface area contributed by atoms with E-state index in [0.717, 1.165) is 0 Å². The maximum Gasteiger partial charge on any atom is 0.406 e. The normalized spacial score (nSPS) is 21.2. The fourth-order valence-electron chi connectivity index (χ4n) is 3.35. The van der Waals surface area contributed by atoms with Crippen molar-refractivity contribution in [1.82, 2.24) is 10.2 Å². The number of carbonyl (C=O) groups excluding carboxylic acids is 2. The molecule has 0 saturated heterocycles. The second-order valence-electron chi connectivity index (χ2n) is 7.68. The molecule has 0 radical (unpaired) electrons. The Kier molecular flexibility index (Phi) is 9.34. The summed E-state index contributed by atoms with van der Waals surface area (Å²) >= 11 is 2.01. The number of aliphatic hydroxyl groups excluding tert-OH is 2. The van der Waals surface area contributed by atoms with Crippen LogP contribution < -0.4 is 10.1 Å². The van der Waals surface area contributed by atoms with Gasteiger partial charge in [-0.2, -0.15) is 13.2 Å². The molecule has 178 valence electrons. The van der Waals surface area contributed by atoms with E-state index >= 15 is 0 Å². The summed E-state index contributed by atoms with van der Waals surface area (Å²) in [4.78, 5) is 25.8. The highest BCUT2D eigenvalue weighted by atomic mass is 127. The monoisotopic (exact) mass is 570 g/mol. The third kappa shape index (κ3) is 7.07. The Hall–Kier alpha value is -1.86. The standard InChI is InChI=1S/C21H26F3IN2O5/c1-12(2)20(31)27(11-21(22,23)24)15-9-13(19(30)26-7-8-28)10-17(18(15)29)32-16-6-4-3-5-14(16)25/h3-6,10,12,15,17-18,28-29H,7-9,11H2,1-2H3,(H,26,30)/t15-,17+,18+/m1/s1. The SMILES string of the molecule is CC(C)C(=O)N(CC(F)(F)F)[C@@H]1CC(C(=O)NCCO)=C[C@H](Oc2ccccc2I)[C@H]1O. The average Bonchev–Trinajstić information content (AvgIpc) is 2.72. The number of halogens is 4. The van der Waals surface area contributed by atoms with Crippen LogP contribution in [0.25, 0.3) is 0 Å². The van der Waals surface area contributed by atoms with Crippen LogP contribution in [-0.4, -0.2) is 71.0 Å². The lowest BCUT2D eigenvalue weighted by molar-refractivity contribution is -0.174. The highest BCUT2D eigenvalue weighted by molar-refractivity contribution is 14.1. The minimum absolute atomic E-state index is 0.0529. The molecule has 0 saturated carbocycles. The van der Waals surface area contributed by atoms with Crippen LogP contribution in [0.2, 0.25) is 0 Å². The number of hydrogen-bond donors (Lipinski definition) is 3. The van der Waals surface area contributed by atoms with Crippen molar-refractivity contribution in [1.29, 1.82) is 0 Å². The largest absolute Gasteiger partial charge is 0.482 e. The zero-order valence-electron chi connectivity index (χ0n) is 17.6. The number of aliphatic hydroxyl groups is 2. The Morgan fingerprint density at radius 2 is 1.97 bits per heavy atom. The molecule has 1 aromatic carbocycles. The van der Waals surface area contributed by atoms with Crippen LogP contribution in [0.1, 0.15) is 20.3 Å². The number of rotatable bonds is 8. The summed E-state index contributed by atoms with van der Waals surface area (Å²) in [5.41, 5.74) is 0.0634. The van der Waals surface area contributed by atoms with Gasteiger partial charge in [-0.05, 0) is 40.8 Å². The van der Waals surface area contributed by atoms with E-state index in [9.17, 15) is 27.9 Å². The van der Waals surface area contributed by atoms with Gasteiger partial charge in [0.15, 0.2) is 0 Å². The van der Waals surface area contributed by atoms with E-state index < -0.39 is 48.7 Å². The molecule has 0 aliphatic heterocycles. The number of hydrogen-bond acceptors (Lipinski definition) is 5. The lowest BCUT2D eigenvalue weighted by Crippen LogP contribution is -2.57. The summed E-state index contributed by atoms with van der Waals surface area (Å²) in [7, 11) is 0. The molecule has 0 fully saturated rings. The van der Waals surface area contributed by atoms with Crippen LogP contribution >= 0.6 is 22.6 Å². The topological polar surface area (TPSA) is 99.1 Å². The molecule has 0 bridgehead atoms. The first-order valence-corrected chi connectivity index (χ1v) is 11.1. The molecule has 1 aromatic rings. The summed E-state index contributed by atoms with van der Waals surface area (Å²) in [6, 6.07) is 5.51. The van der Waals surface area contributed by atoms with Crippen molar-refractivity contribution in [2.24, 2.45) is 5.92 Å². The van der Waals surface area contributed by atoms with Crippen molar-refractivity contribution in [3.8, 4) is 5.75 Å². The number of nitrogens with one attached hydrogen (secondary N) is 1. The highest BCUT2D eigenvalue weighted by Gasteiger charge is 2.44. The lowest BCUT2D eigenvalue weighted by Gasteiger charge is -2.41. The molecule has 0 spiro atoms. The summed E-state index contributed by atoms with van der Waals surface area (Å²) < 4.78 is 46.5. The Morgan fingerprint density at radius 1 is 1.31 bits per heavy atom. The van der Waals surface area contributed by atoms with Gasteiger partial charge < -0.3 is 25.2 Å². The van der Waals surface area contributed by atoms with Crippen molar-refractivity contribution >= 4 is 34.4 Å². The molecule has 0 aromatic heterocycles. The molecule has 32 heavy (non-hydrogen) atoms. The summed E-state index contributed by atoms with van der Waals surface area (Å²) in [6.45, 7) is 0.993. The van der Waals surface area contributed by atoms with Gasteiger partial charge in [-0.1, -0.05) is 26.0 Å². The van der Waals surface area contributed by atoms with Crippen molar-refractivity contribution in [2.75, 3.05) is 19.7 Å². The highest BCUT2D eigenvalue weighted by Crippen LogP contribution is 2.31. The average molecular weight is 570 g/mol. The molecule has 2 amide bonds. The van der Waals surface area contributed by atoms with Crippen LogP contribution in [0, 0.1) is 9.49 Å². The maximum atomic E-state index is 13.3. The van der Waals surface area contributed by atoms with E-state index in [4.69, 9.17) is 9.84 Å². The molecule has 1 aliphatic rings. The van der Waals surface area contributed by atoms with Gasteiger partial charge in [-0.15, -0.1) is 0 Å². The van der Waals surface area contributed by atoms with E-state index in [0.29, 0.717) is 14.2 Å². The minimum Gasteiger partial charge on any atom is -0.482 e. The molecule has 7 nitrogen and oxygen atoms in total. The number of nitrogens with zero attached hydrogens (tertiary/aromatic N) is 1. The van der Waals surface area contributed by atoms with Crippen LogP contribution in [0.3, 0.4) is 0 Å². The minimum atomic E-state index is -4.70. The quantitative estimate of drug-likeness (QED) is 0.417. The second kappa shape index (κ2) is 11.3. The molecule has 11 heteroatoms. The fraction of sp³-hybridized carbons (Fsp3) is 0.524. The molecule has 0 unspecified atom stereocenters. The second-order valence-corrected chi connectivity index (χ2v) is 8.84. The molecule has 2 rings (SSSR count). The Morgan fingerprint density at radius 3 is 2.53 bits per heavy atom. The summed E-state index contributed by atoms with van der Waals surface area (Å²) in [6.07, 6.45) is -6.32. The first kappa shape index (κ1) is 26.4. The van der Waals surface area contributed by atoms with E-state index in [1.54, 1.807) is 24.3 Å². The van der Waals surface area contributed by atoms with Crippen LogP contribution in [0.5, 0.6) is 5.75 Å². The first-order valence-electron chi connectivity index (χ1n) is 10.0. The zero-order valence-corrected chi connectivity index (χ0v) is 19.8. The van der Waals surface area contributed by atoms with Gasteiger partial charge in [0.05, 0.1) is 16.2 Å². The van der Waals surface area contributed by atoms with E-state index in [1.165, 1.54) is 19.9 Å². The predicted octanol–water partition coefficient (Wildman–Crippen LogP) is 2.25.